The van der Waals surface area contributed by atoms with Crippen LogP contribution in [0.5, 0.6) is 0 Å². The lowest BCUT2D eigenvalue weighted by molar-refractivity contribution is 0.0955. The molecule has 0 aliphatic heterocycles. The summed E-state index contributed by atoms with van der Waals surface area (Å²) in [5.74, 6) is 0.119. The van der Waals surface area contributed by atoms with Crippen LogP contribution in [0.25, 0.3) is 0 Å². The zero-order chi connectivity index (χ0) is 12.1. The van der Waals surface area contributed by atoms with Crippen molar-refractivity contribution in [2.75, 3.05) is 0 Å². The minimum Gasteiger partial charge on any atom is -0.463 e. The molecule has 0 radical (unpaired) electrons. The molecule has 0 aromatic carbocycles. The van der Waals surface area contributed by atoms with E-state index in [4.69, 9.17) is 16.0 Å². The normalized spacial score (nSPS) is 10.6. The topological polar surface area (TPSA) is 67.5 Å². The van der Waals surface area contributed by atoms with E-state index in [1.54, 1.807) is 24.3 Å². The third kappa shape index (κ3) is 2.92. The van der Waals surface area contributed by atoms with Gasteiger partial charge < -0.3 is 4.42 Å². The monoisotopic (exact) mass is 249 g/mol. The fourth-order valence-corrected chi connectivity index (χ4v) is 1.34. The highest BCUT2D eigenvalue weighted by atomic mass is 35.5. The standard InChI is InChI=1S/C11H8ClN3O2/c12-10-9(4-1-5-13-10)11(16)15-14-7-8-3-2-6-17-8/h1-7H,(H,15,16). The van der Waals surface area contributed by atoms with Gasteiger partial charge in [-0.05, 0) is 24.3 Å². The van der Waals surface area contributed by atoms with Crippen molar-refractivity contribution >= 4 is 23.7 Å². The first kappa shape index (κ1) is 11.3. The van der Waals surface area contributed by atoms with Crippen LogP contribution in [-0.2, 0) is 0 Å². The number of nitrogens with zero attached hydrogens (tertiary/aromatic N) is 2. The highest BCUT2D eigenvalue weighted by Crippen LogP contribution is 2.10. The number of pyridine rings is 1. The average molecular weight is 250 g/mol. The number of hydrogen-bond donors (Lipinski definition) is 1. The maximum atomic E-state index is 11.6. The van der Waals surface area contributed by atoms with Crippen molar-refractivity contribution in [3.05, 3.63) is 53.2 Å². The van der Waals surface area contributed by atoms with Crippen molar-refractivity contribution in [1.82, 2.24) is 10.4 Å². The Hall–Kier alpha value is -2.14. The molecule has 1 N–H and O–H groups in total. The minimum absolute atomic E-state index is 0.137. The van der Waals surface area contributed by atoms with Gasteiger partial charge in [0, 0.05) is 6.20 Å². The van der Waals surface area contributed by atoms with E-state index < -0.39 is 5.91 Å². The molecule has 5 nitrogen and oxygen atoms in total. The Labute approximate surface area is 102 Å². The molecular formula is C11H8ClN3O2. The van der Waals surface area contributed by atoms with Crippen LogP contribution < -0.4 is 5.43 Å². The first-order chi connectivity index (χ1) is 8.27. The maximum Gasteiger partial charge on any atom is 0.274 e. The summed E-state index contributed by atoms with van der Waals surface area (Å²) in [6, 6.07) is 6.62. The number of aromatic nitrogens is 1. The quantitative estimate of drug-likeness (QED) is 0.515. The van der Waals surface area contributed by atoms with Crippen molar-refractivity contribution in [3.63, 3.8) is 0 Å². The van der Waals surface area contributed by atoms with Gasteiger partial charge in [-0.25, -0.2) is 10.4 Å². The summed E-state index contributed by atoms with van der Waals surface area (Å²) < 4.78 is 5.01. The summed E-state index contributed by atoms with van der Waals surface area (Å²) >= 11 is 5.76. The summed E-state index contributed by atoms with van der Waals surface area (Å²) in [4.78, 5) is 15.4. The first-order valence-electron chi connectivity index (χ1n) is 4.75. The highest BCUT2D eigenvalue weighted by molar-refractivity contribution is 6.32. The van der Waals surface area contributed by atoms with Crippen LogP contribution in [0.3, 0.4) is 0 Å². The van der Waals surface area contributed by atoms with Crippen LogP contribution in [0.2, 0.25) is 5.15 Å². The number of halogens is 1. The molecule has 2 aromatic heterocycles. The van der Waals surface area contributed by atoms with Crippen molar-refractivity contribution in [3.8, 4) is 0 Å². The molecule has 2 rings (SSSR count). The largest absolute Gasteiger partial charge is 0.463 e. The van der Waals surface area contributed by atoms with Crippen LogP contribution in [0.4, 0.5) is 0 Å². The van der Waals surface area contributed by atoms with E-state index in [2.05, 4.69) is 15.5 Å². The van der Waals surface area contributed by atoms with Gasteiger partial charge in [-0.3, -0.25) is 4.79 Å². The number of carbonyl (C=O) groups excluding carboxylic acids is 1. The number of amides is 1. The molecule has 0 spiro atoms. The molecule has 1 amide bonds. The smallest absolute Gasteiger partial charge is 0.274 e. The molecule has 0 fully saturated rings. The van der Waals surface area contributed by atoms with Crippen LogP contribution in [0.15, 0.2) is 46.2 Å². The minimum atomic E-state index is -0.425. The van der Waals surface area contributed by atoms with Crippen LogP contribution >= 0.6 is 11.6 Å². The van der Waals surface area contributed by atoms with E-state index in [1.165, 1.54) is 18.7 Å². The average Bonchev–Trinajstić information content (AvgIpc) is 2.82. The Bertz CT molecular complexity index is 537. The summed E-state index contributed by atoms with van der Waals surface area (Å²) in [5, 5.41) is 3.86. The molecule has 6 heteroatoms. The number of carbonyl (C=O) groups is 1. The molecule has 0 bridgehead atoms. The zero-order valence-corrected chi connectivity index (χ0v) is 9.39. The van der Waals surface area contributed by atoms with Gasteiger partial charge in [-0.15, -0.1) is 0 Å². The second-order valence-corrected chi connectivity index (χ2v) is 3.41. The molecule has 17 heavy (non-hydrogen) atoms. The Morgan fingerprint density at radius 2 is 2.35 bits per heavy atom. The van der Waals surface area contributed by atoms with E-state index in [0.29, 0.717) is 5.76 Å². The molecule has 0 saturated carbocycles. The van der Waals surface area contributed by atoms with E-state index in [0.717, 1.165) is 0 Å². The van der Waals surface area contributed by atoms with E-state index in [1.807, 2.05) is 0 Å². The second kappa shape index (κ2) is 5.27. The Balaban J connectivity index is 2.01. The van der Waals surface area contributed by atoms with Crippen molar-refractivity contribution < 1.29 is 9.21 Å². The molecule has 2 heterocycles. The SMILES string of the molecule is O=C(NN=Cc1ccco1)c1cccnc1Cl. The number of nitrogens with one attached hydrogen (secondary N) is 1. The second-order valence-electron chi connectivity index (χ2n) is 3.06. The van der Waals surface area contributed by atoms with Gasteiger partial charge in [-0.2, -0.15) is 5.10 Å². The van der Waals surface area contributed by atoms with Crippen LogP contribution in [0, 0.1) is 0 Å². The highest BCUT2D eigenvalue weighted by Gasteiger charge is 2.08. The molecule has 0 aliphatic rings. The summed E-state index contributed by atoms with van der Waals surface area (Å²) in [6.07, 6.45) is 4.41. The predicted octanol–water partition coefficient (Wildman–Crippen LogP) is 2.09. The Kier molecular flexibility index (Phi) is 3.52. The van der Waals surface area contributed by atoms with Gasteiger partial charge >= 0.3 is 0 Å². The number of furan rings is 1. The lowest BCUT2D eigenvalue weighted by Gasteiger charge is -2.00. The number of hydrazone groups is 1. The number of hydrogen-bond acceptors (Lipinski definition) is 4. The van der Waals surface area contributed by atoms with Crippen molar-refractivity contribution in [2.24, 2.45) is 5.10 Å². The van der Waals surface area contributed by atoms with E-state index in [-0.39, 0.29) is 10.7 Å². The third-order valence-electron chi connectivity index (χ3n) is 1.90. The fraction of sp³-hybridized carbons (Fsp3) is 0. The molecule has 86 valence electrons. The third-order valence-corrected chi connectivity index (χ3v) is 2.21. The summed E-state index contributed by atoms with van der Waals surface area (Å²) in [7, 11) is 0. The van der Waals surface area contributed by atoms with Gasteiger partial charge in [-0.1, -0.05) is 11.6 Å². The number of rotatable bonds is 3. The predicted molar refractivity (Wildman–Crippen MR) is 63.0 cm³/mol. The molecule has 0 aliphatic carbocycles. The van der Waals surface area contributed by atoms with Gasteiger partial charge in [0.15, 0.2) is 0 Å². The maximum absolute atomic E-state index is 11.6. The fourth-order valence-electron chi connectivity index (χ4n) is 1.13. The lowest BCUT2D eigenvalue weighted by atomic mass is 10.3. The van der Waals surface area contributed by atoms with Gasteiger partial charge in [0.1, 0.15) is 10.9 Å². The lowest BCUT2D eigenvalue weighted by Crippen LogP contribution is -2.18. The molecular weight excluding hydrogens is 242 g/mol. The van der Waals surface area contributed by atoms with Crippen LogP contribution in [0.1, 0.15) is 16.1 Å². The van der Waals surface area contributed by atoms with Gasteiger partial charge in [0.25, 0.3) is 5.91 Å². The van der Waals surface area contributed by atoms with E-state index >= 15 is 0 Å². The molecule has 0 atom stereocenters. The molecule has 0 saturated heterocycles. The molecule has 0 unspecified atom stereocenters. The van der Waals surface area contributed by atoms with Crippen molar-refractivity contribution in [2.45, 2.75) is 0 Å². The molecule has 2 aromatic rings. The zero-order valence-electron chi connectivity index (χ0n) is 8.63. The summed E-state index contributed by atoms with van der Waals surface area (Å²) in [5.41, 5.74) is 2.59. The Morgan fingerprint density at radius 3 is 3.06 bits per heavy atom. The van der Waals surface area contributed by atoms with E-state index in [9.17, 15) is 4.79 Å². The van der Waals surface area contributed by atoms with Crippen molar-refractivity contribution in [1.29, 1.82) is 0 Å². The first-order valence-corrected chi connectivity index (χ1v) is 5.12. The van der Waals surface area contributed by atoms with Crippen LogP contribution in [-0.4, -0.2) is 17.1 Å². The Morgan fingerprint density at radius 1 is 1.47 bits per heavy atom. The van der Waals surface area contributed by atoms with Gasteiger partial charge in [0.05, 0.1) is 18.0 Å². The summed E-state index contributed by atoms with van der Waals surface area (Å²) in [6.45, 7) is 0. The van der Waals surface area contributed by atoms with Gasteiger partial charge in [0.2, 0.25) is 0 Å².